The molecule has 3 rings (SSSR count). The van der Waals surface area contributed by atoms with E-state index in [0.29, 0.717) is 0 Å². The maximum Gasteiger partial charge on any atom is 0.412 e. The number of benzene rings is 3. The molecule has 1 nitrogen and oxygen atoms in total. The molecular weight excluding hydrogens is 447 g/mol. The van der Waals surface area contributed by atoms with Crippen LogP contribution in [0.25, 0.3) is 0 Å². The molecule has 31 heavy (non-hydrogen) atoms. The molecule has 0 saturated carbocycles. The fraction of sp³-hybridized carbons (Fsp3) is 0.143. The van der Waals surface area contributed by atoms with Gasteiger partial charge < -0.3 is 4.74 Å². The van der Waals surface area contributed by atoms with Crippen molar-refractivity contribution in [2.24, 2.45) is 0 Å². The zero-order valence-electron chi connectivity index (χ0n) is 16.3. The topological polar surface area (TPSA) is 9.23 Å². The Bertz CT molecular complexity index is 1110. The quantitative estimate of drug-likeness (QED) is 0.326. The third kappa shape index (κ3) is 3.68. The minimum atomic E-state index is -4.47. The predicted octanol–water partition coefficient (Wildman–Crippen LogP) is 3.94. The Morgan fingerprint density at radius 2 is 0.935 bits per heavy atom. The van der Waals surface area contributed by atoms with Crippen molar-refractivity contribution in [3.8, 4) is 5.75 Å². The predicted molar refractivity (Wildman–Crippen MR) is 99.7 cm³/mol. The molecule has 10 heteroatoms. The summed E-state index contributed by atoms with van der Waals surface area (Å²) in [5.41, 5.74) is -0.393. The molecule has 0 heterocycles. The molecule has 0 N–H and O–H groups in total. The van der Waals surface area contributed by atoms with Gasteiger partial charge in [-0.15, -0.1) is 0 Å². The van der Waals surface area contributed by atoms with Crippen LogP contribution in [0, 0.1) is 60.4 Å². The number of hydrogen-bond donors (Lipinski definition) is 0. The van der Waals surface area contributed by atoms with Gasteiger partial charge in [0.1, 0.15) is 23.3 Å². The lowest BCUT2D eigenvalue weighted by Gasteiger charge is -2.21. The monoisotopic (exact) mass is 460 g/mol. The second-order valence-corrected chi connectivity index (χ2v) is 9.42. The van der Waals surface area contributed by atoms with Gasteiger partial charge in [0.2, 0.25) is 11.6 Å². The third-order valence-electron chi connectivity index (χ3n) is 4.97. The van der Waals surface area contributed by atoms with Gasteiger partial charge in [0, 0.05) is 0 Å². The van der Waals surface area contributed by atoms with Crippen LogP contribution in [0.3, 0.4) is 0 Å². The summed E-state index contributed by atoms with van der Waals surface area (Å²) in [6.45, 7) is 2.38. The highest BCUT2D eigenvalue weighted by Crippen LogP contribution is 2.26. The third-order valence-corrected chi connectivity index (χ3v) is 8.26. The number of halogens is 8. The SMILES string of the molecule is COc1c(F)c(F)[c]([Al]([c]2c(F)ccc(C)c2F)[c]2c(F)ccc(C)c2F)c(F)c1F. The van der Waals surface area contributed by atoms with Gasteiger partial charge >= 0.3 is 14.1 Å². The van der Waals surface area contributed by atoms with Crippen molar-refractivity contribution in [3.63, 3.8) is 0 Å². The molecule has 0 aliphatic rings. The molecule has 0 unspecified atom stereocenters. The molecule has 0 amide bonds. The molecule has 0 fully saturated rings. The molecule has 0 atom stereocenters. The van der Waals surface area contributed by atoms with Crippen LogP contribution in [0.1, 0.15) is 11.1 Å². The van der Waals surface area contributed by atoms with Crippen LogP contribution < -0.4 is 18.0 Å². The lowest BCUT2D eigenvalue weighted by Crippen LogP contribution is -2.59. The molecule has 0 radical (unpaired) electrons. The standard InChI is InChI=1S/C7H3F4O.2C7H5F2.Al/c1-12-7-5(10)3(8)2-4(9)6(7)11;2*1-5-2-3-6(8)4-7(5)9;/h1H3;2*2-3H,1H3;. The molecule has 0 aliphatic carbocycles. The van der Waals surface area contributed by atoms with Crippen LogP contribution in [0.2, 0.25) is 0 Å². The van der Waals surface area contributed by atoms with Crippen molar-refractivity contribution < 1.29 is 39.9 Å². The molecule has 0 spiro atoms. The second-order valence-electron chi connectivity index (χ2n) is 6.82. The average molecular weight is 460 g/mol. The smallest absolute Gasteiger partial charge is 0.412 e. The first-order chi connectivity index (χ1) is 14.5. The summed E-state index contributed by atoms with van der Waals surface area (Å²) in [4.78, 5) is 0. The number of aryl methyl sites for hydroxylation is 2. The fourth-order valence-corrected chi connectivity index (χ4v) is 6.71. The minimum Gasteiger partial charge on any atom is -0.491 e. The highest BCUT2D eigenvalue weighted by Gasteiger charge is 2.43. The largest absolute Gasteiger partial charge is 0.491 e. The Balaban J connectivity index is 2.56. The molecule has 3 aromatic rings. The number of ether oxygens (including phenoxy) is 1. The molecular formula is C21H13AlF8O. The Labute approximate surface area is 176 Å². The normalized spacial score (nSPS) is 11.1. The van der Waals surface area contributed by atoms with Crippen molar-refractivity contribution >= 4 is 27.4 Å². The molecule has 0 aliphatic heterocycles. The zero-order chi connectivity index (χ0) is 23.2. The van der Waals surface area contributed by atoms with Crippen molar-refractivity contribution in [3.05, 3.63) is 81.9 Å². The highest BCUT2D eigenvalue weighted by atomic mass is 27.2. The second kappa shape index (κ2) is 8.52. The van der Waals surface area contributed by atoms with Crippen molar-refractivity contribution in [1.29, 1.82) is 0 Å². The van der Waals surface area contributed by atoms with Gasteiger partial charge in [0.05, 0.1) is 7.11 Å². The van der Waals surface area contributed by atoms with E-state index in [1.54, 1.807) is 0 Å². The van der Waals surface area contributed by atoms with E-state index < -0.39 is 79.7 Å². The van der Waals surface area contributed by atoms with E-state index in [1.807, 2.05) is 0 Å². The lowest BCUT2D eigenvalue weighted by atomic mass is 10.2. The maximum absolute atomic E-state index is 15.0. The average Bonchev–Trinajstić information content (AvgIpc) is 2.73. The lowest BCUT2D eigenvalue weighted by molar-refractivity contribution is 0.335. The Morgan fingerprint density at radius 3 is 1.29 bits per heavy atom. The van der Waals surface area contributed by atoms with Crippen molar-refractivity contribution in [1.82, 2.24) is 0 Å². The zero-order valence-corrected chi connectivity index (χ0v) is 17.5. The molecule has 162 valence electrons. The summed E-state index contributed by atoms with van der Waals surface area (Å²) in [5, 5.41) is 0. The summed E-state index contributed by atoms with van der Waals surface area (Å²) in [5.74, 6) is -14.9. The van der Waals surface area contributed by atoms with E-state index in [-0.39, 0.29) is 11.1 Å². The summed E-state index contributed by atoms with van der Waals surface area (Å²) >= 11 is -4.47. The van der Waals surface area contributed by atoms with E-state index in [0.717, 1.165) is 31.4 Å². The molecule has 0 saturated heterocycles. The Morgan fingerprint density at radius 1 is 0.548 bits per heavy atom. The van der Waals surface area contributed by atoms with E-state index >= 15 is 0 Å². The van der Waals surface area contributed by atoms with Gasteiger partial charge in [-0.2, -0.15) is 8.78 Å². The summed E-state index contributed by atoms with van der Waals surface area (Å²) in [7, 11) is 0.745. The van der Waals surface area contributed by atoms with Crippen LogP contribution >= 0.6 is 0 Å². The van der Waals surface area contributed by atoms with E-state index in [9.17, 15) is 35.1 Å². The van der Waals surface area contributed by atoms with Gasteiger partial charge in [-0.25, -0.2) is 26.3 Å². The number of rotatable bonds is 4. The van der Waals surface area contributed by atoms with Crippen LogP contribution in [-0.2, 0) is 0 Å². The number of methoxy groups -OCH3 is 1. The van der Waals surface area contributed by atoms with Gasteiger partial charge in [-0.05, 0) is 50.4 Å². The molecule has 0 aromatic heterocycles. The van der Waals surface area contributed by atoms with Crippen molar-refractivity contribution in [2.75, 3.05) is 7.11 Å². The number of hydrogen-bond acceptors (Lipinski definition) is 1. The van der Waals surface area contributed by atoms with Crippen LogP contribution in [-0.4, -0.2) is 21.3 Å². The fourth-order valence-electron chi connectivity index (χ4n) is 3.38. The van der Waals surface area contributed by atoms with Gasteiger partial charge in [0.25, 0.3) is 0 Å². The van der Waals surface area contributed by atoms with E-state index in [1.165, 1.54) is 13.8 Å². The van der Waals surface area contributed by atoms with Crippen LogP contribution in [0.5, 0.6) is 5.75 Å². The molecule has 3 aromatic carbocycles. The van der Waals surface area contributed by atoms with Crippen LogP contribution in [0.15, 0.2) is 24.3 Å². The first kappa shape index (κ1) is 23.1. The van der Waals surface area contributed by atoms with Gasteiger partial charge in [0.15, 0.2) is 17.4 Å². The van der Waals surface area contributed by atoms with Gasteiger partial charge in [-0.3, -0.25) is 0 Å². The van der Waals surface area contributed by atoms with Crippen LogP contribution in [0.4, 0.5) is 35.1 Å². The summed E-state index contributed by atoms with van der Waals surface area (Å²) in [6.07, 6.45) is 0. The van der Waals surface area contributed by atoms with E-state index in [4.69, 9.17) is 0 Å². The van der Waals surface area contributed by atoms with Crippen molar-refractivity contribution in [2.45, 2.75) is 13.8 Å². The minimum absolute atomic E-state index is 0.197. The first-order valence-corrected chi connectivity index (χ1v) is 10.5. The highest BCUT2D eigenvalue weighted by molar-refractivity contribution is 6.95. The Hall–Kier alpha value is -2.57. The Kier molecular flexibility index (Phi) is 6.35. The summed E-state index contributed by atoms with van der Waals surface area (Å²) in [6, 6.07) is 3.49. The first-order valence-electron chi connectivity index (χ1n) is 8.81. The summed E-state index contributed by atoms with van der Waals surface area (Å²) < 4.78 is 119. The van der Waals surface area contributed by atoms with E-state index in [2.05, 4.69) is 4.74 Å². The van der Waals surface area contributed by atoms with Gasteiger partial charge in [-0.1, -0.05) is 12.1 Å². The maximum atomic E-state index is 15.0. The molecule has 0 bridgehead atoms.